The Balaban J connectivity index is 2.79. The van der Waals surface area contributed by atoms with Crippen LogP contribution in [-0.2, 0) is 6.54 Å². The number of aliphatic hydroxyl groups excluding tert-OH is 1. The highest BCUT2D eigenvalue weighted by atomic mass is 19.4. The standard InChI is InChI=1S/C12H16F3NO2/c1-11(2,3)9(17)7-16-5-4-8(6-16)10(18)12(13,14)15/h4-6,9,17H,7H2,1-3H3. The third kappa shape index (κ3) is 3.60. The van der Waals surface area contributed by atoms with Crippen LogP contribution in [0.4, 0.5) is 13.2 Å². The predicted octanol–water partition coefficient (Wildman–Crippen LogP) is 2.64. The molecule has 0 fully saturated rings. The van der Waals surface area contributed by atoms with Gasteiger partial charge in [-0.2, -0.15) is 13.2 Å². The molecule has 0 saturated heterocycles. The highest BCUT2D eigenvalue weighted by molar-refractivity contribution is 6.00. The number of hydrogen-bond acceptors (Lipinski definition) is 2. The molecule has 0 aliphatic heterocycles. The Kier molecular flexibility index (Phi) is 3.90. The average molecular weight is 263 g/mol. The van der Waals surface area contributed by atoms with Crippen LogP contribution in [0.5, 0.6) is 0 Å². The van der Waals surface area contributed by atoms with Crippen LogP contribution in [-0.4, -0.2) is 27.7 Å². The SMILES string of the molecule is CC(C)(C)C(O)Cn1ccc(C(=O)C(F)(F)F)c1. The molecule has 1 aromatic heterocycles. The molecule has 6 heteroatoms. The molecule has 1 heterocycles. The molecule has 1 rings (SSSR count). The van der Waals surface area contributed by atoms with Crippen LogP contribution < -0.4 is 0 Å². The second-order valence-corrected chi connectivity index (χ2v) is 5.31. The Hall–Kier alpha value is -1.30. The Morgan fingerprint density at radius 2 is 1.94 bits per heavy atom. The summed E-state index contributed by atoms with van der Waals surface area (Å²) in [6.07, 6.45) is -3.12. The summed E-state index contributed by atoms with van der Waals surface area (Å²) in [4.78, 5) is 11.0. The molecule has 1 atom stereocenters. The minimum atomic E-state index is -4.87. The molecule has 0 aromatic carbocycles. The molecule has 1 N–H and O–H groups in total. The minimum Gasteiger partial charge on any atom is -0.391 e. The molecular weight excluding hydrogens is 247 g/mol. The fourth-order valence-electron chi connectivity index (χ4n) is 1.33. The van der Waals surface area contributed by atoms with Crippen LogP contribution in [0.25, 0.3) is 0 Å². The summed E-state index contributed by atoms with van der Waals surface area (Å²) in [5, 5.41) is 9.82. The van der Waals surface area contributed by atoms with E-state index in [0.717, 1.165) is 12.3 Å². The number of hydrogen-bond donors (Lipinski definition) is 1. The van der Waals surface area contributed by atoms with E-state index in [4.69, 9.17) is 0 Å². The van der Waals surface area contributed by atoms with Gasteiger partial charge in [-0.25, -0.2) is 0 Å². The summed E-state index contributed by atoms with van der Waals surface area (Å²) < 4.78 is 37.9. The number of alkyl halides is 3. The van der Waals surface area contributed by atoms with Gasteiger partial charge in [0.2, 0.25) is 0 Å². The van der Waals surface area contributed by atoms with Crippen molar-refractivity contribution in [3.8, 4) is 0 Å². The lowest BCUT2D eigenvalue weighted by molar-refractivity contribution is -0.0885. The molecule has 1 aromatic rings. The maximum atomic E-state index is 12.2. The fraction of sp³-hybridized carbons (Fsp3) is 0.583. The lowest BCUT2D eigenvalue weighted by Gasteiger charge is -2.26. The van der Waals surface area contributed by atoms with Gasteiger partial charge in [0.15, 0.2) is 0 Å². The Morgan fingerprint density at radius 3 is 2.39 bits per heavy atom. The molecule has 0 bridgehead atoms. The molecular formula is C12H16F3NO2. The van der Waals surface area contributed by atoms with Gasteiger partial charge in [0.1, 0.15) is 0 Å². The number of rotatable bonds is 3. The van der Waals surface area contributed by atoms with Crippen molar-refractivity contribution >= 4 is 5.78 Å². The quantitative estimate of drug-likeness (QED) is 0.852. The maximum Gasteiger partial charge on any atom is 0.454 e. The largest absolute Gasteiger partial charge is 0.454 e. The van der Waals surface area contributed by atoms with E-state index in [1.165, 1.54) is 10.8 Å². The first-order valence-corrected chi connectivity index (χ1v) is 5.47. The third-order valence-electron chi connectivity index (χ3n) is 2.65. The number of halogens is 3. The number of nitrogens with zero attached hydrogens (tertiary/aromatic N) is 1. The Bertz CT molecular complexity index is 429. The normalized spacial score (nSPS) is 14.6. The van der Waals surface area contributed by atoms with Crippen LogP contribution in [0.3, 0.4) is 0 Å². The van der Waals surface area contributed by atoms with Crippen molar-refractivity contribution in [1.29, 1.82) is 0 Å². The molecule has 0 radical (unpaired) electrons. The lowest BCUT2D eigenvalue weighted by Crippen LogP contribution is -2.30. The van der Waals surface area contributed by atoms with Gasteiger partial charge >= 0.3 is 6.18 Å². The smallest absolute Gasteiger partial charge is 0.391 e. The van der Waals surface area contributed by atoms with Crippen molar-refractivity contribution in [2.45, 2.75) is 39.6 Å². The van der Waals surface area contributed by atoms with E-state index in [-0.39, 0.29) is 12.0 Å². The number of Topliss-reactive ketones (excluding diaryl/α,β-unsaturated/α-hetero) is 1. The fourth-order valence-corrected chi connectivity index (χ4v) is 1.33. The minimum absolute atomic E-state index is 0.147. The number of aromatic nitrogens is 1. The van der Waals surface area contributed by atoms with Gasteiger partial charge in [-0.1, -0.05) is 20.8 Å². The first kappa shape index (κ1) is 14.8. The summed E-state index contributed by atoms with van der Waals surface area (Å²) in [5.74, 6) is -1.87. The molecule has 0 amide bonds. The van der Waals surface area contributed by atoms with Gasteiger partial charge < -0.3 is 9.67 Å². The summed E-state index contributed by atoms with van der Waals surface area (Å²) in [6, 6.07) is 1.10. The molecule has 0 saturated carbocycles. The Morgan fingerprint density at radius 1 is 1.39 bits per heavy atom. The van der Waals surface area contributed by atoms with Crippen molar-refractivity contribution in [2.75, 3.05) is 0 Å². The molecule has 3 nitrogen and oxygen atoms in total. The number of carbonyl (C=O) groups excluding carboxylic acids is 1. The van der Waals surface area contributed by atoms with E-state index in [1.807, 2.05) is 20.8 Å². The van der Waals surface area contributed by atoms with E-state index in [9.17, 15) is 23.1 Å². The summed E-state index contributed by atoms with van der Waals surface area (Å²) in [5.41, 5.74) is -0.790. The topological polar surface area (TPSA) is 42.2 Å². The molecule has 102 valence electrons. The molecule has 0 aliphatic rings. The van der Waals surface area contributed by atoms with Crippen LogP contribution in [0.15, 0.2) is 18.5 Å². The van der Waals surface area contributed by atoms with Crippen LogP contribution in [0, 0.1) is 5.41 Å². The summed E-state index contributed by atoms with van der Waals surface area (Å²) in [7, 11) is 0. The highest BCUT2D eigenvalue weighted by Crippen LogP contribution is 2.23. The highest BCUT2D eigenvalue weighted by Gasteiger charge is 2.39. The van der Waals surface area contributed by atoms with Crippen LogP contribution in [0.1, 0.15) is 31.1 Å². The molecule has 18 heavy (non-hydrogen) atoms. The number of aliphatic hydroxyl groups is 1. The van der Waals surface area contributed by atoms with E-state index in [0.29, 0.717) is 0 Å². The zero-order valence-corrected chi connectivity index (χ0v) is 10.5. The van der Waals surface area contributed by atoms with Gasteiger partial charge in [-0.05, 0) is 11.5 Å². The van der Waals surface area contributed by atoms with Crippen molar-refractivity contribution in [3.63, 3.8) is 0 Å². The second kappa shape index (κ2) is 4.76. The average Bonchev–Trinajstić information content (AvgIpc) is 2.62. The maximum absolute atomic E-state index is 12.2. The van der Waals surface area contributed by atoms with Crippen molar-refractivity contribution < 1.29 is 23.1 Å². The van der Waals surface area contributed by atoms with Crippen molar-refractivity contribution in [2.24, 2.45) is 5.41 Å². The van der Waals surface area contributed by atoms with Gasteiger partial charge in [0.25, 0.3) is 5.78 Å². The van der Waals surface area contributed by atoms with E-state index in [2.05, 4.69) is 0 Å². The number of carbonyl (C=O) groups is 1. The summed E-state index contributed by atoms with van der Waals surface area (Å²) in [6.45, 7) is 5.61. The first-order chi connectivity index (χ1) is 8.01. The van der Waals surface area contributed by atoms with Crippen LogP contribution >= 0.6 is 0 Å². The summed E-state index contributed by atoms with van der Waals surface area (Å²) >= 11 is 0. The first-order valence-electron chi connectivity index (χ1n) is 5.47. The van der Waals surface area contributed by atoms with Gasteiger partial charge in [0.05, 0.1) is 6.10 Å². The van der Waals surface area contributed by atoms with Gasteiger partial charge in [-0.3, -0.25) is 4.79 Å². The van der Waals surface area contributed by atoms with Gasteiger partial charge in [0, 0.05) is 24.5 Å². The monoisotopic (exact) mass is 263 g/mol. The second-order valence-electron chi connectivity index (χ2n) is 5.31. The van der Waals surface area contributed by atoms with E-state index >= 15 is 0 Å². The predicted molar refractivity (Wildman–Crippen MR) is 60.3 cm³/mol. The zero-order valence-electron chi connectivity index (χ0n) is 10.5. The van der Waals surface area contributed by atoms with Gasteiger partial charge in [-0.15, -0.1) is 0 Å². The van der Waals surface area contributed by atoms with Crippen LogP contribution in [0.2, 0.25) is 0 Å². The number of ketones is 1. The molecule has 0 spiro atoms. The van der Waals surface area contributed by atoms with E-state index < -0.39 is 23.6 Å². The lowest BCUT2D eigenvalue weighted by atomic mass is 9.89. The molecule has 0 aliphatic carbocycles. The van der Waals surface area contributed by atoms with Crippen molar-refractivity contribution in [1.82, 2.24) is 4.57 Å². The third-order valence-corrected chi connectivity index (χ3v) is 2.65. The van der Waals surface area contributed by atoms with Crippen molar-refractivity contribution in [3.05, 3.63) is 24.0 Å². The molecule has 1 unspecified atom stereocenters. The Labute approximate surface area is 103 Å². The zero-order chi connectivity index (χ0) is 14.1. The van der Waals surface area contributed by atoms with E-state index in [1.54, 1.807) is 0 Å².